The molecule has 0 amide bonds. The maximum atomic E-state index is 5.66. The van der Waals surface area contributed by atoms with E-state index in [0.717, 1.165) is 37.6 Å². The van der Waals surface area contributed by atoms with Crippen LogP contribution in [0.3, 0.4) is 0 Å². The molecule has 3 rings (SSSR count). The largest absolute Gasteiger partial charge is 0.399 e. The average Bonchev–Trinajstić information content (AvgIpc) is 3.09. The number of nitrogens with two attached hydrogens (primary N) is 1. The molecular weight excluding hydrogens is 240 g/mol. The van der Waals surface area contributed by atoms with Crippen molar-refractivity contribution >= 4 is 11.6 Å². The van der Waals surface area contributed by atoms with Gasteiger partial charge in [0.25, 0.3) is 5.95 Å². The van der Waals surface area contributed by atoms with Gasteiger partial charge in [-0.2, -0.15) is 4.98 Å². The average molecular weight is 258 g/mol. The molecule has 1 aliphatic heterocycles. The van der Waals surface area contributed by atoms with E-state index in [-0.39, 0.29) is 0 Å². The number of aromatic nitrogens is 2. The molecule has 100 valence electrons. The fourth-order valence-corrected chi connectivity index (χ4v) is 2.33. The maximum absolute atomic E-state index is 5.66. The lowest BCUT2D eigenvalue weighted by molar-refractivity contribution is 0.377. The Morgan fingerprint density at radius 1 is 1.11 bits per heavy atom. The number of hydrogen-bond acceptors (Lipinski definition) is 5. The molecule has 2 heterocycles. The number of benzene rings is 1. The van der Waals surface area contributed by atoms with Gasteiger partial charge in [0.1, 0.15) is 0 Å². The molecule has 0 radical (unpaired) electrons. The van der Waals surface area contributed by atoms with Crippen LogP contribution < -0.4 is 10.6 Å². The number of rotatable bonds is 4. The van der Waals surface area contributed by atoms with Crippen molar-refractivity contribution in [3.05, 3.63) is 35.7 Å². The summed E-state index contributed by atoms with van der Waals surface area (Å²) in [4.78, 5) is 6.63. The smallest absolute Gasteiger partial charge is 0.266 e. The van der Waals surface area contributed by atoms with E-state index < -0.39 is 0 Å². The third-order valence-corrected chi connectivity index (χ3v) is 3.45. The predicted molar refractivity (Wildman–Crippen MR) is 74.0 cm³/mol. The molecule has 5 nitrogen and oxygen atoms in total. The van der Waals surface area contributed by atoms with Crippen molar-refractivity contribution in [3.8, 4) is 0 Å². The molecule has 0 unspecified atom stereocenters. The van der Waals surface area contributed by atoms with Crippen LogP contribution in [0, 0.1) is 0 Å². The van der Waals surface area contributed by atoms with Crippen molar-refractivity contribution in [3.63, 3.8) is 0 Å². The van der Waals surface area contributed by atoms with Crippen molar-refractivity contribution in [2.45, 2.75) is 25.7 Å². The van der Waals surface area contributed by atoms with Crippen molar-refractivity contribution < 1.29 is 4.52 Å². The summed E-state index contributed by atoms with van der Waals surface area (Å²) in [5.41, 5.74) is 7.68. The number of anilines is 2. The Bertz CT molecular complexity index is 529. The van der Waals surface area contributed by atoms with Crippen LogP contribution in [0.1, 0.15) is 24.3 Å². The molecule has 0 spiro atoms. The normalized spacial score (nSPS) is 15.1. The highest BCUT2D eigenvalue weighted by atomic mass is 16.5. The Kier molecular flexibility index (Phi) is 3.35. The first-order valence-corrected chi connectivity index (χ1v) is 6.73. The molecule has 1 aromatic carbocycles. The van der Waals surface area contributed by atoms with Gasteiger partial charge < -0.3 is 15.2 Å². The Morgan fingerprint density at radius 3 is 2.58 bits per heavy atom. The summed E-state index contributed by atoms with van der Waals surface area (Å²) in [5.74, 6) is 1.45. The second kappa shape index (κ2) is 5.30. The molecule has 2 N–H and O–H groups in total. The first kappa shape index (κ1) is 12.0. The minimum Gasteiger partial charge on any atom is -0.399 e. The third-order valence-electron chi connectivity index (χ3n) is 3.45. The van der Waals surface area contributed by atoms with Crippen LogP contribution >= 0.6 is 0 Å². The maximum Gasteiger partial charge on any atom is 0.266 e. The van der Waals surface area contributed by atoms with Gasteiger partial charge in [-0.25, -0.2) is 0 Å². The van der Waals surface area contributed by atoms with Crippen LogP contribution in [0.5, 0.6) is 0 Å². The molecule has 1 aliphatic rings. The lowest BCUT2D eigenvalue weighted by atomic mass is 10.1. The minimum atomic E-state index is 0.707. The zero-order chi connectivity index (χ0) is 13.1. The lowest BCUT2D eigenvalue weighted by Gasteiger charge is -2.09. The van der Waals surface area contributed by atoms with Crippen LogP contribution in [0.4, 0.5) is 11.6 Å². The summed E-state index contributed by atoms with van der Waals surface area (Å²) in [6, 6.07) is 7.90. The third kappa shape index (κ3) is 2.86. The highest BCUT2D eigenvalue weighted by molar-refractivity contribution is 5.39. The number of nitrogen functional groups attached to an aromatic ring is 1. The van der Waals surface area contributed by atoms with Gasteiger partial charge in [-0.1, -0.05) is 12.1 Å². The molecule has 5 heteroatoms. The molecule has 1 aromatic heterocycles. The van der Waals surface area contributed by atoms with E-state index in [1.807, 2.05) is 24.3 Å². The SMILES string of the molecule is Nc1ccc(CCc2nc(N3CCCC3)no2)cc1. The van der Waals surface area contributed by atoms with E-state index in [1.54, 1.807) is 0 Å². The number of aryl methyl sites for hydroxylation is 2. The number of nitrogens with zero attached hydrogens (tertiary/aromatic N) is 3. The fourth-order valence-electron chi connectivity index (χ4n) is 2.33. The second-order valence-corrected chi connectivity index (χ2v) is 4.92. The van der Waals surface area contributed by atoms with Gasteiger partial charge in [0.15, 0.2) is 0 Å². The fraction of sp³-hybridized carbons (Fsp3) is 0.429. The van der Waals surface area contributed by atoms with Gasteiger partial charge in [0, 0.05) is 25.2 Å². The van der Waals surface area contributed by atoms with Crippen LogP contribution in [0.15, 0.2) is 28.8 Å². The minimum absolute atomic E-state index is 0.707. The van der Waals surface area contributed by atoms with Crippen LogP contribution in [0.25, 0.3) is 0 Å². The topological polar surface area (TPSA) is 68.2 Å². The van der Waals surface area contributed by atoms with Crippen LogP contribution in [-0.2, 0) is 12.8 Å². The quantitative estimate of drug-likeness (QED) is 0.850. The Hall–Kier alpha value is -2.04. The zero-order valence-corrected chi connectivity index (χ0v) is 10.9. The van der Waals surface area contributed by atoms with Crippen molar-refractivity contribution in [2.75, 3.05) is 23.7 Å². The van der Waals surface area contributed by atoms with E-state index in [4.69, 9.17) is 10.3 Å². The molecule has 19 heavy (non-hydrogen) atoms. The van der Waals surface area contributed by atoms with Crippen LogP contribution in [0.2, 0.25) is 0 Å². The van der Waals surface area contributed by atoms with E-state index in [2.05, 4.69) is 15.0 Å². The van der Waals surface area contributed by atoms with E-state index in [0.29, 0.717) is 5.89 Å². The molecule has 0 atom stereocenters. The van der Waals surface area contributed by atoms with Gasteiger partial charge in [-0.3, -0.25) is 0 Å². The molecular formula is C14H18N4O. The first-order valence-electron chi connectivity index (χ1n) is 6.73. The van der Waals surface area contributed by atoms with Gasteiger partial charge in [0.2, 0.25) is 5.89 Å². The van der Waals surface area contributed by atoms with Gasteiger partial charge in [-0.15, -0.1) is 0 Å². The second-order valence-electron chi connectivity index (χ2n) is 4.92. The Labute approximate surface area is 112 Å². The highest BCUT2D eigenvalue weighted by Gasteiger charge is 2.17. The van der Waals surface area contributed by atoms with Gasteiger partial charge >= 0.3 is 0 Å². The van der Waals surface area contributed by atoms with E-state index in [9.17, 15) is 0 Å². The van der Waals surface area contributed by atoms with Gasteiger partial charge in [-0.05, 0) is 42.1 Å². The zero-order valence-electron chi connectivity index (χ0n) is 10.9. The molecule has 1 fully saturated rings. The summed E-state index contributed by atoms with van der Waals surface area (Å²) in [6.07, 6.45) is 4.09. The summed E-state index contributed by atoms with van der Waals surface area (Å²) in [7, 11) is 0. The molecule has 0 bridgehead atoms. The summed E-state index contributed by atoms with van der Waals surface area (Å²) in [5, 5.41) is 4.04. The summed E-state index contributed by atoms with van der Waals surface area (Å²) < 4.78 is 5.30. The molecule has 2 aromatic rings. The monoisotopic (exact) mass is 258 g/mol. The van der Waals surface area contributed by atoms with E-state index in [1.165, 1.54) is 18.4 Å². The standard InChI is InChI=1S/C14H18N4O/c15-12-6-3-11(4-7-12)5-8-13-16-14(17-19-13)18-9-1-2-10-18/h3-4,6-7H,1-2,5,8-10,15H2. The molecule has 0 saturated carbocycles. The van der Waals surface area contributed by atoms with Crippen molar-refractivity contribution in [2.24, 2.45) is 0 Å². The molecule has 0 aliphatic carbocycles. The Balaban J connectivity index is 1.59. The van der Waals surface area contributed by atoms with Crippen LogP contribution in [-0.4, -0.2) is 23.2 Å². The number of hydrogen-bond donors (Lipinski definition) is 1. The lowest BCUT2D eigenvalue weighted by Crippen LogP contribution is -2.18. The van der Waals surface area contributed by atoms with E-state index >= 15 is 0 Å². The predicted octanol–water partition coefficient (Wildman–Crippen LogP) is 2.04. The molecule has 1 saturated heterocycles. The summed E-state index contributed by atoms with van der Waals surface area (Å²) in [6.45, 7) is 2.08. The summed E-state index contributed by atoms with van der Waals surface area (Å²) >= 11 is 0. The first-order chi connectivity index (χ1) is 9.31. The van der Waals surface area contributed by atoms with Crippen molar-refractivity contribution in [1.29, 1.82) is 0 Å². The Morgan fingerprint density at radius 2 is 1.84 bits per heavy atom. The van der Waals surface area contributed by atoms with Crippen molar-refractivity contribution in [1.82, 2.24) is 10.1 Å². The highest BCUT2D eigenvalue weighted by Crippen LogP contribution is 2.17. The van der Waals surface area contributed by atoms with Gasteiger partial charge in [0.05, 0.1) is 0 Å².